The Morgan fingerprint density at radius 2 is 2.04 bits per heavy atom. The van der Waals surface area contributed by atoms with Gasteiger partial charge in [0.1, 0.15) is 16.5 Å². The number of amidine groups is 1. The molecule has 0 amide bonds. The van der Waals surface area contributed by atoms with E-state index in [-0.39, 0.29) is 22.9 Å². The predicted molar refractivity (Wildman–Crippen MR) is 91.4 cm³/mol. The van der Waals surface area contributed by atoms with E-state index in [0.29, 0.717) is 10.6 Å². The molecule has 126 valence electrons. The van der Waals surface area contributed by atoms with Crippen LogP contribution in [0.25, 0.3) is 10.6 Å². The number of pyridine rings is 1. The smallest absolute Gasteiger partial charge is 0.187 e. The van der Waals surface area contributed by atoms with Gasteiger partial charge in [0.2, 0.25) is 0 Å². The number of aliphatic imine (C=N–C) groups is 1. The van der Waals surface area contributed by atoms with E-state index in [4.69, 9.17) is 11.6 Å². The molecular formula is C15H11F2N7S. The lowest BCUT2D eigenvalue weighted by molar-refractivity contribution is 0.510. The number of thiazole rings is 1. The third kappa shape index (κ3) is 3.48. The molecule has 0 saturated carbocycles. The number of nitrogens with zero attached hydrogens (tertiary/aromatic N) is 5. The lowest BCUT2D eigenvalue weighted by atomic mass is 10.1. The number of halogens is 2. The second-order valence-corrected chi connectivity index (χ2v) is 5.61. The van der Waals surface area contributed by atoms with Crippen molar-refractivity contribution in [1.29, 1.82) is 0 Å². The summed E-state index contributed by atoms with van der Waals surface area (Å²) in [5.74, 6) is 2.94. The summed E-state index contributed by atoms with van der Waals surface area (Å²) in [4.78, 5) is 12.2. The second-order valence-electron chi connectivity index (χ2n) is 4.72. The summed E-state index contributed by atoms with van der Waals surface area (Å²) in [6, 6.07) is 5.23. The molecule has 3 aromatic rings. The van der Waals surface area contributed by atoms with Crippen LogP contribution in [-0.4, -0.2) is 15.8 Å². The molecule has 0 aliphatic carbocycles. The lowest BCUT2D eigenvalue weighted by Gasteiger charge is -2.06. The highest BCUT2D eigenvalue weighted by atomic mass is 32.1. The first-order valence-electron chi connectivity index (χ1n) is 6.89. The maximum Gasteiger partial charge on any atom is 0.187 e. The van der Waals surface area contributed by atoms with Crippen molar-refractivity contribution in [2.75, 3.05) is 5.73 Å². The second kappa shape index (κ2) is 7.09. The largest absolute Gasteiger partial charge is 0.383 e. The summed E-state index contributed by atoms with van der Waals surface area (Å²) in [6.07, 6.45) is 3.18. The van der Waals surface area contributed by atoms with Crippen LogP contribution in [0.5, 0.6) is 0 Å². The van der Waals surface area contributed by atoms with Crippen LogP contribution in [-0.2, 0) is 0 Å². The topological polar surface area (TPSA) is 115 Å². The Morgan fingerprint density at radius 1 is 1.20 bits per heavy atom. The minimum atomic E-state index is -1.12. The number of hydrogen-bond donors (Lipinski definition) is 2. The first-order chi connectivity index (χ1) is 12.1. The summed E-state index contributed by atoms with van der Waals surface area (Å²) < 4.78 is 27.3. The summed E-state index contributed by atoms with van der Waals surface area (Å²) in [5, 5.41) is 9.36. The molecule has 0 bridgehead atoms. The molecule has 0 aliphatic rings. The van der Waals surface area contributed by atoms with E-state index in [1.807, 2.05) is 5.38 Å². The fraction of sp³-hybridized carbons (Fsp3) is 0. The Balaban J connectivity index is 2.14. The predicted octanol–water partition coefficient (Wildman–Crippen LogP) is 3.47. The summed E-state index contributed by atoms with van der Waals surface area (Å²) in [7, 11) is 0. The molecule has 4 N–H and O–H groups in total. The Kier molecular flexibility index (Phi) is 4.70. The Bertz CT molecular complexity index is 955. The molecule has 2 heterocycles. The van der Waals surface area contributed by atoms with E-state index >= 15 is 0 Å². The molecular weight excluding hydrogens is 348 g/mol. The Hall–Kier alpha value is -3.27. The molecule has 0 aliphatic heterocycles. The zero-order valence-electron chi connectivity index (χ0n) is 12.6. The molecule has 1 aromatic carbocycles. The molecule has 0 fully saturated rings. The van der Waals surface area contributed by atoms with Crippen molar-refractivity contribution in [2.45, 2.75) is 0 Å². The van der Waals surface area contributed by atoms with E-state index in [0.717, 1.165) is 6.07 Å². The van der Waals surface area contributed by atoms with Crippen LogP contribution in [0.3, 0.4) is 0 Å². The highest BCUT2D eigenvalue weighted by Crippen LogP contribution is 2.26. The van der Waals surface area contributed by atoms with E-state index in [9.17, 15) is 8.78 Å². The fourth-order valence-electron chi connectivity index (χ4n) is 2.02. The molecule has 0 radical (unpaired) electrons. The first kappa shape index (κ1) is 16.6. The molecule has 3 rings (SSSR count). The van der Waals surface area contributed by atoms with Gasteiger partial charge >= 0.3 is 0 Å². The van der Waals surface area contributed by atoms with Crippen LogP contribution in [0.4, 0.5) is 20.3 Å². The summed E-state index contributed by atoms with van der Waals surface area (Å²) in [5.41, 5.74) is 6.55. The zero-order chi connectivity index (χ0) is 17.8. The highest BCUT2D eigenvalue weighted by Gasteiger charge is 2.14. The molecule has 7 nitrogen and oxygen atoms in total. The number of hydrogen-bond acceptors (Lipinski definition) is 6. The van der Waals surface area contributed by atoms with Gasteiger partial charge in [0.05, 0.1) is 5.56 Å². The van der Waals surface area contributed by atoms with Crippen molar-refractivity contribution < 1.29 is 8.78 Å². The zero-order valence-corrected chi connectivity index (χ0v) is 13.4. The van der Waals surface area contributed by atoms with Crippen LogP contribution in [0.15, 0.2) is 57.4 Å². The van der Waals surface area contributed by atoms with Crippen LogP contribution >= 0.6 is 11.3 Å². The summed E-state index contributed by atoms with van der Waals surface area (Å²) in [6.45, 7) is 0. The van der Waals surface area contributed by atoms with Crippen molar-refractivity contribution >= 4 is 28.7 Å². The quantitative estimate of drug-likeness (QED) is 0.245. The molecule has 0 unspecified atom stereocenters. The third-order valence-corrected chi connectivity index (χ3v) is 3.97. The van der Waals surface area contributed by atoms with Gasteiger partial charge in [-0.1, -0.05) is 11.3 Å². The van der Waals surface area contributed by atoms with Crippen LogP contribution in [0, 0.1) is 11.6 Å². The maximum atomic E-state index is 13.9. The van der Waals surface area contributed by atoms with Crippen LogP contribution < -0.4 is 11.6 Å². The average molecular weight is 359 g/mol. The molecule has 0 saturated heterocycles. The van der Waals surface area contributed by atoms with Gasteiger partial charge < -0.3 is 11.6 Å². The van der Waals surface area contributed by atoms with Gasteiger partial charge in [0, 0.05) is 23.3 Å². The summed E-state index contributed by atoms with van der Waals surface area (Å²) >= 11 is 1.40. The molecule has 2 aromatic heterocycles. The number of nitrogens with two attached hydrogens (primary N) is 2. The SMILES string of the molecule is NN=NC(=Nc1cccc(F)c1F)c1cc(-c2nccs2)cnc1N. The minimum absolute atomic E-state index is 0.0864. The van der Waals surface area contributed by atoms with Crippen LogP contribution in [0.2, 0.25) is 0 Å². The van der Waals surface area contributed by atoms with Gasteiger partial charge in [-0.15, -0.1) is 16.5 Å². The standard InChI is InChI=1S/C15H11F2N7S/c16-10-2-1-3-11(12(10)17)22-14(23-24-19)9-6-8(7-21-13(9)18)15-20-4-5-25-15/h1-7H,(H2,18,21)(H2,19,22,23). The number of benzene rings is 1. The van der Waals surface area contributed by atoms with Crippen molar-refractivity contribution in [2.24, 2.45) is 21.2 Å². The fourth-order valence-corrected chi connectivity index (χ4v) is 2.64. The van der Waals surface area contributed by atoms with Gasteiger partial charge in [0.25, 0.3) is 0 Å². The van der Waals surface area contributed by atoms with E-state index in [2.05, 4.69) is 25.3 Å². The number of anilines is 1. The van der Waals surface area contributed by atoms with Crippen molar-refractivity contribution in [3.05, 3.63) is 59.2 Å². The van der Waals surface area contributed by atoms with E-state index < -0.39 is 11.6 Å². The minimum Gasteiger partial charge on any atom is -0.383 e. The number of aromatic nitrogens is 2. The van der Waals surface area contributed by atoms with Crippen LogP contribution in [0.1, 0.15) is 5.56 Å². The van der Waals surface area contributed by atoms with Crippen molar-refractivity contribution in [1.82, 2.24) is 9.97 Å². The average Bonchev–Trinajstić information content (AvgIpc) is 3.13. The Labute approximate surface area is 144 Å². The molecule has 0 spiro atoms. The van der Waals surface area contributed by atoms with Crippen molar-refractivity contribution in [3.8, 4) is 10.6 Å². The van der Waals surface area contributed by atoms with Gasteiger partial charge in [-0.2, -0.15) is 0 Å². The van der Waals surface area contributed by atoms with Gasteiger partial charge in [-0.3, -0.25) is 0 Å². The van der Waals surface area contributed by atoms with Gasteiger partial charge in [0.15, 0.2) is 17.5 Å². The lowest BCUT2D eigenvalue weighted by Crippen LogP contribution is -2.05. The highest BCUT2D eigenvalue weighted by molar-refractivity contribution is 7.13. The molecule has 10 heteroatoms. The van der Waals surface area contributed by atoms with Gasteiger partial charge in [-0.05, 0) is 18.2 Å². The third-order valence-electron chi connectivity index (χ3n) is 3.15. The van der Waals surface area contributed by atoms with E-state index in [1.54, 1.807) is 12.3 Å². The normalized spacial score (nSPS) is 12.0. The number of rotatable bonds is 3. The monoisotopic (exact) mass is 359 g/mol. The van der Waals surface area contributed by atoms with Gasteiger partial charge in [-0.25, -0.2) is 23.7 Å². The van der Waals surface area contributed by atoms with Crippen molar-refractivity contribution in [3.63, 3.8) is 0 Å². The molecule has 25 heavy (non-hydrogen) atoms. The first-order valence-corrected chi connectivity index (χ1v) is 7.77. The maximum absolute atomic E-state index is 13.9. The van der Waals surface area contributed by atoms with E-state index in [1.165, 1.54) is 29.7 Å². The number of nitrogen functional groups attached to an aromatic ring is 1. The molecule has 0 atom stereocenters. The Morgan fingerprint density at radius 3 is 2.76 bits per heavy atom.